The van der Waals surface area contributed by atoms with Gasteiger partial charge in [-0.3, -0.25) is 4.79 Å². The number of rotatable bonds is 7. The predicted octanol–water partition coefficient (Wildman–Crippen LogP) is 4.01. The Kier molecular flexibility index (Phi) is 6.83. The van der Waals surface area contributed by atoms with Gasteiger partial charge >= 0.3 is 6.36 Å². The average Bonchev–Trinajstić information content (AvgIpc) is 3.14. The number of carbonyl (C=O) groups is 1. The summed E-state index contributed by atoms with van der Waals surface area (Å²) in [6.45, 7) is 2.04. The van der Waals surface area contributed by atoms with Crippen molar-refractivity contribution in [1.82, 2.24) is 25.5 Å². The molecule has 0 aliphatic heterocycles. The third kappa shape index (κ3) is 6.10. The molecule has 3 rings (SSSR count). The third-order valence-electron chi connectivity index (χ3n) is 3.79. The highest BCUT2D eigenvalue weighted by Gasteiger charge is 2.31. The Balaban J connectivity index is 1.61. The van der Waals surface area contributed by atoms with Crippen LogP contribution in [0.2, 0.25) is 5.02 Å². The van der Waals surface area contributed by atoms with Crippen LogP contribution in [-0.4, -0.2) is 37.7 Å². The molecule has 1 unspecified atom stereocenters. The lowest BCUT2D eigenvalue weighted by molar-refractivity contribution is -0.274. The van der Waals surface area contributed by atoms with E-state index in [1.165, 1.54) is 16.8 Å². The highest BCUT2D eigenvalue weighted by atomic mass is 35.5. The molecule has 0 bridgehead atoms. The molecule has 7 nitrogen and oxygen atoms in total. The fourth-order valence-electron chi connectivity index (χ4n) is 2.35. The normalized spacial score (nSPS) is 12.4. The number of aromatic nitrogens is 4. The number of benzene rings is 2. The fourth-order valence-corrected chi connectivity index (χ4v) is 3.31. The molecule has 0 radical (unpaired) electrons. The maximum Gasteiger partial charge on any atom is 0.573 e. The molecule has 0 fully saturated rings. The molecule has 158 valence electrons. The molecule has 1 amide bonds. The van der Waals surface area contributed by atoms with Crippen molar-refractivity contribution >= 4 is 29.3 Å². The molecular weight excluding hydrogens is 443 g/mol. The van der Waals surface area contributed by atoms with Gasteiger partial charge in [0, 0.05) is 11.6 Å². The molecule has 0 spiro atoms. The van der Waals surface area contributed by atoms with E-state index >= 15 is 0 Å². The Hall–Kier alpha value is -2.79. The van der Waals surface area contributed by atoms with Crippen LogP contribution in [0.25, 0.3) is 5.69 Å². The van der Waals surface area contributed by atoms with Crippen LogP contribution in [-0.2, 0) is 11.3 Å². The number of thioether (sulfide) groups is 1. The fraction of sp³-hybridized carbons (Fsp3) is 0.222. The molecule has 0 aliphatic rings. The summed E-state index contributed by atoms with van der Waals surface area (Å²) in [6, 6.07) is 12.2. The van der Waals surface area contributed by atoms with Gasteiger partial charge in [-0.25, -0.2) is 0 Å². The van der Waals surface area contributed by atoms with E-state index in [2.05, 4.69) is 25.6 Å². The smallest absolute Gasteiger partial charge is 0.406 e. The van der Waals surface area contributed by atoms with Gasteiger partial charge in [0.05, 0.1) is 10.9 Å². The topological polar surface area (TPSA) is 81.9 Å². The summed E-state index contributed by atoms with van der Waals surface area (Å²) in [5, 5.41) is 14.5. The quantitative estimate of drug-likeness (QED) is 0.540. The van der Waals surface area contributed by atoms with Gasteiger partial charge < -0.3 is 10.1 Å². The van der Waals surface area contributed by atoms with Crippen LogP contribution in [0.3, 0.4) is 0 Å². The highest BCUT2D eigenvalue weighted by molar-refractivity contribution is 8.00. The first-order chi connectivity index (χ1) is 14.2. The van der Waals surface area contributed by atoms with E-state index in [0.717, 1.165) is 29.5 Å². The second-order valence-electron chi connectivity index (χ2n) is 6.02. The molecule has 3 aromatic rings. The Bertz CT molecular complexity index is 996. The van der Waals surface area contributed by atoms with E-state index in [4.69, 9.17) is 11.6 Å². The molecule has 1 N–H and O–H groups in total. The second-order valence-corrected chi connectivity index (χ2v) is 7.76. The lowest BCUT2D eigenvalue weighted by Crippen LogP contribution is -2.30. The first-order valence-electron chi connectivity index (χ1n) is 8.54. The van der Waals surface area contributed by atoms with Gasteiger partial charge in [-0.2, -0.15) is 4.68 Å². The Morgan fingerprint density at radius 3 is 2.50 bits per heavy atom. The van der Waals surface area contributed by atoms with Crippen molar-refractivity contribution in [3.8, 4) is 11.4 Å². The van der Waals surface area contributed by atoms with Crippen LogP contribution in [0, 0.1) is 0 Å². The number of hydrogen-bond donors (Lipinski definition) is 1. The zero-order valence-corrected chi connectivity index (χ0v) is 17.0. The van der Waals surface area contributed by atoms with Crippen LogP contribution in [0.1, 0.15) is 12.5 Å². The molecule has 1 heterocycles. The van der Waals surface area contributed by atoms with Crippen molar-refractivity contribution in [2.75, 3.05) is 0 Å². The third-order valence-corrected chi connectivity index (χ3v) is 5.07. The number of alkyl halides is 3. The minimum Gasteiger partial charge on any atom is -0.406 e. The number of halogens is 4. The van der Waals surface area contributed by atoms with Crippen LogP contribution < -0.4 is 10.1 Å². The van der Waals surface area contributed by atoms with Crippen molar-refractivity contribution in [2.45, 2.75) is 30.2 Å². The van der Waals surface area contributed by atoms with E-state index in [1.807, 2.05) is 12.1 Å². The Labute approximate surface area is 178 Å². The number of ether oxygens (including phenoxy) is 1. The van der Waals surface area contributed by atoms with E-state index < -0.39 is 11.6 Å². The summed E-state index contributed by atoms with van der Waals surface area (Å²) in [5.41, 5.74) is 1.32. The summed E-state index contributed by atoms with van der Waals surface area (Å²) in [4.78, 5) is 12.4. The molecule has 2 aromatic carbocycles. The lowest BCUT2D eigenvalue weighted by Gasteiger charge is -2.12. The zero-order chi connectivity index (χ0) is 21.7. The van der Waals surface area contributed by atoms with Crippen molar-refractivity contribution < 1.29 is 22.7 Å². The van der Waals surface area contributed by atoms with Gasteiger partial charge in [0.2, 0.25) is 11.1 Å². The summed E-state index contributed by atoms with van der Waals surface area (Å²) in [6.07, 6.45) is -4.77. The van der Waals surface area contributed by atoms with Crippen LogP contribution >= 0.6 is 23.4 Å². The largest absolute Gasteiger partial charge is 0.573 e. The SMILES string of the molecule is CC(Sc1nnnn1-c1ccc(OC(F)(F)F)cc1)C(=O)NCc1ccc(Cl)cc1. The molecule has 0 aliphatic carbocycles. The van der Waals surface area contributed by atoms with Crippen molar-refractivity contribution in [1.29, 1.82) is 0 Å². The number of carbonyl (C=O) groups excluding carboxylic acids is 1. The monoisotopic (exact) mass is 457 g/mol. The second kappa shape index (κ2) is 9.35. The minimum absolute atomic E-state index is 0.224. The van der Waals surface area contributed by atoms with E-state index in [0.29, 0.717) is 22.4 Å². The number of amides is 1. The van der Waals surface area contributed by atoms with Crippen molar-refractivity contribution in [2.24, 2.45) is 0 Å². The van der Waals surface area contributed by atoms with Crippen molar-refractivity contribution in [3.63, 3.8) is 0 Å². The van der Waals surface area contributed by atoms with Gasteiger partial charge in [0.1, 0.15) is 5.75 Å². The van der Waals surface area contributed by atoms with Gasteiger partial charge in [-0.1, -0.05) is 35.5 Å². The zero-order valence-electron chi connectivity index (χ0n) is 15.4. The van der Waals surface area contributed by atoms with Gasteiger partial charge in [-0.05, 0) is 59.3 Å². The predicted molar refractivity (Wildman–Crippen MR) is 104 cm³/mol. The first-order valence-corrected chi connectivity index (χ1v) is 9.80. The number of nitrogens with one attached hydrogen (secondary N) is 1. The summed E-state index contributed by atoms with van der Waals surface area (Å²) < 4.78 is 42.0. The Morgan fingerprint density at radius 1 is 1.20 bits per heavy atom. The molecule has 1 atom stereocenters. The lowest BCUT2D eigenvalue weighted by atomic mass is 10.2. The standard InChI is InChI=1S/C18H15ClF3N5O2S/c1-11(16(28)23-10-12-2-4-13(19)5-3-12)30-17-24-25-26-27(17)14-6-8-15(9-7-14)29-18(20,21)22/h2-9,11H,10H2,1H3,(H,23,28). The van der Waals surface area contributed by atoms with Crippen molar-refractivity contribution in [3.05, 3.63) is 59.1 Å². The first kappa shape index (κ1) is 21.9. The number of nitrogens with zero attached hydrogens (tertiary/aromatic N) is 4. The van der Waals surface area contributed by atoms with Gasteiger partial charge in [0.15, 0.2) is 0 Å². The maximum atomic E-state index is 12.4. The molecule has 1 aromatic heterocycles. The molecule has 30 heavy (non-hydrogen) atoms. The molecule has 0 saturated carbocycles. The van der Waals surface area contributed by atoms with E-state index in [1.54, 1.807) is 19.1 Å². The number of hydrogen-bond acceptors (Lipinski definition) is 6. The molecular formula is C18H15ClF3N5O2S. The highest BCUT2D eigenvalue weighted by Crippen LogP contribution is 2.26. The van der Waals surface area contributed by atoms with Gasteiger partial charge in [0.25, 0.3) is 0 Å². The summed E-state index contributed by atoms with van der Waals surface area (Å²) in [7, 11) is 0. The van der Waals surface area contributed by atoms with Crippen LogP contribution in [0.4, 0.5) is 13.2 Å². The van der Waals surface area contributed by atoms with Crippen LogP contribution in [0.15, 0.2) is 53.7 Å². The van der Waals surface area contributed by atoms with E-state index in [-0.39, 0.29) is 11.7 Å². The Morgan fingerprint density at radius 2 is 1.87 bits per heavy atom. The number of tetrazole rings is 1. The summed E-state index contributed by atoms with van der Waals surface area (Å²) >= 11 is 6.95. The molecule has 12 heteroatoms. The minimum atomic E-state index is -4.77. The van der Waals surface area contributed by atoms with Crippen LogP contribution in [0.5, 0.6) is 5.75 Å². The maximum absolute atomic E-state index is 12.4. The molecule has 0 saturated heterocycles. The average molecular weight is 458 g/mol. The van der Waals surface area contributed by atoms with Gasteiger partial charge in [-0.15, -0.1) is 18.3 Å². The van der Waals surface area contributed by atoms with E-state index in [9.17, 15) is 18.0 Å². The summed E-state index contributed by atoms with van der Waals surface area (Å²) in [5.74, 6) is -0.582.